The summed E-state index contributed by atoms with van der Waals surface area (Å²) < 4.78 is 7.04. The van der Waals surface area contributed by atoms with E-state index in [1.807, 2.05) is 19.3 Å². The van der Waals surface area contributed by atoms with Crippen molar-refractivity contribution in [2.24, 2.45) is 7.05 Å². The maximum Gasteiger partial charge on any atom is 0.363 e. The van der Waals surface area contributed by atoms with Gasteiger partial charge in [-0.25, -0.2) is 9.78 Å². The number of hydrogen-bond donors (Lipinski definition) is 1. The minimum atomic E-state index is -0.544. The molecule has 0 bridgehead atoms. The molecule has 0 saturated carbocycles. The van der Waals surface area contributed by atoms with E-state index < -0.39 is 5.97 Å². The summed E-state index contributed by atoms with van der Waals surface area (Å²) in [6.07, 6.45) is 3.52. The average Bonchev–Trinajstić information content (AvgIpc) is 3.39. The van der Waals surface area contributed by atoms with Gasteiger partial charge in [-0.3, -0.25) is 9.48 Å². The Morgan fingerprint density at radius 1 is 1.07 bits per heavy atom. The molecule has 1 amide bonds. The quantitative estimate of drug-likeness (QED) is 0.401. The summed E-state index contributed by atoms with van der Waals surface area (Å²) in [5.74, 6) is -0.387. The molecular weight excluding hydrogens is 388 g/mol. The molecule has 0 aliphatic rings. The second-order valence-corrected chi connectivity index (χ2v) is 7.03. The van der Waals surface area contributed by atoms with Gasteiger partial charge in [-0.2, -0.15) is 5.10 Å². The highest BCUT2D eigenvalue weighted by molar-refractivity contribution is 7.13. The lowest BCUT2D eigenvalue weighted by atomic mass is 10.2. The first-order valence-electron chi connectivity index (χ1n) is 8.72. The summed E-state index contributed by atoms with van der Waals surface area (Å²) in [4.78, 5) is 28.8. The predicted octanol–water partition coefficient (Wildman–Crippen LogP) is 4.02. The smallest absolute Gasteiger partial charge is 0.363 e. The maximum atomic E-state index is 12.3. The number of thiazole rings is 1. The van der Waals surface area contributed by atoms with E-state index in [1.165, 1.54) is 11.3 Å². The molecule has 1 N–H and O–H groups in total. The van der Waals surface area contributed by atoms with Crippen LogP contribution in [0.3, 0.4) is 0 Å². The van der Waals surface area contributed by atoms with E-state index in [9.17, 15) is 9.59 Å². The molecule has 0 radical (unpaired) electrons. The Hall–Kier alpha value is -3.78. The molecule has 2 heterocycles. The first kappa shape index (κ1) is 18.6. The number of rotatable bonds is 5. The molecule has 0 saturated heterocycles. The van der Waals surface area contributed by atoms with Crippen LogP contribution >= 0.6 is 11.3 Å². The lowest BCUT2D eigenvalue weighted by Gasteiger charge is -2.07. The molecule has 8 heteroatoms. The maximum absolute atomic E-state index is 12.3. The van der Waals surface area contributed by atoms with E-state index in [4.69, 9.17) is 4.74 Å². The van der Waals surface area contributed by atoms with Crippen LogP contribution in [-0.2, 0) is 7.05 Å². The third-order valence-electron chi connectivity index (χ3n) is 4.02. The lowest BCUT2D eigenvalue weighted by Crippen LogP contribution is -2.12. The molecule has 0 aliphatic carbocycles. The van der Waals surface area contributed by atoms with Crippen molar-refractivity contribution < 1.29 is 14.3 Å². The molecule has 0 atom stereocenters. The Kier molecular flexibility index (Phi) is 5.17. The highest BCUT2D eigenvalue weighted by atomic mass is 32.1. The highest BCUT2D eigenvalue weighted by Crippen LogP contribution is 2.24. The van der Waals surface area contributed by atoms with Gasteiger partial charge in [-0.15, -0.1) is 11.3 Å². The van der Waals surface area contributed by atoms with Crippen LogP contribution < -0.4 is 10.1 Å². The van der Waals surface area contributed by atoms with Gasteiger partial charge < -0.3 is 10.1 Å². The fraction of sp³-hybridized carbons (Fsp3) is 0.0476. The van der Waals surface area contributed by atoms with Crippen LogP contribution in [0.5, 0.6) is 5.75 Å². The van der Waals surface area contributed by atoms with E-state index >= 15 is 0 Å². The zero-order valence-corrected chi connectivity index (χ0v) is 16.2. The number of nitrogens with one attached hydrogen (secondary N) is 1. The van der Waals surface area contributed by atoms with Gasteiger partial charge in [0.2, 0.25) is 0 Å². The number of carbonyl (C=O) groups excluding carboxylic acids is 2. The van der Waals surface area contributed by atoms with E-state index in [0.29, 0.717) is 22.0 Å². The molecule has 7 nitrogen and oxygen atoms in total. The summed E-state index contributed by atoms with van der Waals surface area (Å²) in [6, 6.07) is 15.5. The van der Waals surface area contributed by atoms with Crippen LogP contribution in [0.15, 0.2) is 72.4 Å². The Morgan fingerprint density at radius 3 is 2.52 bits per heavy atom. The van der Waals surface area contributed by atoms with Gasteiger partial charge in [-0.1, -0.05) is 18.2 Å². The van der Waals surface area contributed by atoms with Gasteiger partial charge in [0.25, 0.3) is 5.91 Å². The number of anilines is 1. The molecule has 2 aromatic heterocycles. The number of carbonyl (C=O) groups is 2. The van der Waals surface area contributed by atoms with Crippen molar-refractivity contribution in [2.45, 2.75) is 0 Å². The van der Waals surface area contributed by atoms with Crippen LogP contribution in [0.1, 0.15) is 20.8 Å². The van der Waals surface area contributed by atoms with Crippen molar-refractivity contribution in [3.63, 3.8) is 0 Å². The summed E-state index contributed by atoms with van der Waals surface area (Å²) in [5.41, 5.74) is 2.24. The van der Waals surface area contributed by atoms with Crippen LogP contribution in [0, 0.1) is 0 Å². The van der Waals surface area contributed by atoms with Crippen LogP contribution in [0.4, 0.5) is 5.69 Å². The van der Waals surface area contributed by atoms with Gasteiger partial charge in [0.1, 0.15) is 10.8 Å². The Bertz CT molecular complexity index is 1150. The highest BCUT2D eigenvalue weighted by Gasteiger charge is 2.15. The third-order valence-corrected chi connectivity index (χ3v) is 4.92. The minimum absolute atomic E-state index is 0.208. The van der Waals surface area contributed by atoms with Gasteiger partial charge in [0.15, 0.2) is 5.69 Å². The molecule has 0 aliphatic heterocycles. The Labute approximate surface area is 170 Å². The Balaban J connectivity index is 1.39. The molecule has 4 aromatic rings. The number of aryl methyl sites for hydroxylation is 1. The fourth-order valence-corrected chi connectivity index (χ4v) is 3.35. The van der Waals surface area contributed by atoms with Gasteiger partial charge in [-0.05, 0) is 36.4 Å². The van der Waals surface area contributed by atoms with E-state index in [1.54, 1.807) is 64.8 Å². The zero-order chi connectivity index (χ0) is 20.2. The summed E-state index contributed by atoms with van der Waals surface area (Å²) in [7, 11) is 1.82. The topological polar surface area (TPSA) is 86.1 Å². The van der Waals surface area contributed by atoms with Crippen molar-refractivity contribution in [3.8, 4) is 16.3 Å². The summed E-state index contributed by atoms with van der Waals surface area (Å²) in [5, 5.41) is 9.25. The zero-order valence-electron chi connectivity index (χ0n) is 15.4. The minimum Gasteiger partial charge on any atom is -0.422 e. The van der Waals surface area contributed by atoms with Gasteiger partial charge >= 0.3 is 5.97 Å². The van der Waals surface area contributed by atoms with E-state index in [-0.39, 0.29) is 11.6 Å². The van der Waals surface area contributed by atoms with Gasteiger partial charge in [0.05, 0.1) is 6.20 Å². The lowest BCUT2D eigenvalue weighted by molar-refractivity contribution is 0.0729. The summed E-state index contributed by atoms with van der Waals surface area (Å²) >= 11 is 1.35. The molecule has 2 aromatic carbocycles. The van der Waals surface area contributed by atoms with Crippen molar-refractivity contribution in [1.29, 1.82) is 0 Å². The van der Waals surface area contributed by atoms with Crippen molar-refractivity contribution in [3.05, 3.63) is 83.6 Å². The van der Waals surface area contributed by atoms with Crippen molar-refractivity contribution in [2.75, 3.05) is 5.32 Å². The van der Waals surface area contributed by atoms with Crippen LogP contribution in [0.25, 0.3) is 10.6 Å². The first-order valence-corrected chi connectivity index (χ1v) is 9.59. The van der Waals surface area contributed by atoms with Crippen molar-refractivity contribution >= 4 is 28.9 Å². The number of nitrogens with zero attached hydrogens (tertiary/aromatic N) is 3. The van der Waals surface area contributed by atoms with Crippen LogP contribution in [-0.4, -0.2) is 26.6 Å². The second kappa shape index (κ2) is 8.07. The monoisotopic (exact) mass is 404 g/mol. The number of benzene rings is 2. The molecular formula is C21H16N4O3S. The summed E-state index contributed by atoms with van der Waals surface area (Å²) in [6.45, 7) is 0. The van der Waals surface area contributed by atoms with Crippen LogP contribution in [0.2, 0.25) is 0 Å². The predicted molar refractivity (Wildman–Crippen MR) is 110 cm³/mol. The number of ether oxygens (including phenoxy) is 1. The number of amides is 1. The Morgan fingerprint density at radius 2 is 1.83 bits per heavy atom. The van der Waals surface area contributed by atoms with E-state index in [0.717, 1.165) is 5.56 Å². The van der Waals surface area contributed by atoms with E-state index in [2.05, 4.69) is 15.4 Å². The third kappa shape index (κ3) is 4.39. The molecule has 29 heavy (non-hydrogen) atoms. The molecule has 144 valence electrons. The number of aromatic nitrogens is 3. The normalized spacial score (nSPS) is 10.5. The van der Waals surface area contributed by atoms with Gasteiger partial charge in [0, 0.05) is 35.4 Å². The SMILES string of the molecule is Cn1cc(-c2nc(C(=O)Oc3ccc(NC(=O)c4ccccc4)cc3)cs2)cn1. The largest absolute Gasteiger partial charge is 0.422 e. The molecule has 0 spiro atoms. The first-order chi connectivity index (χ1) is 14.1. The number of hydrogen-bond acceptors (Lipinski definition) is 6. The standard InChI is InChI=1S/C21H16N4O3S/c1-25-12-15(11-22-25)20-24-18(13-29-20)21(27)28-17-9-7-16(8-10-17)23-19(26)14-5-3-2-4-6-14/h2-13H,1H3,(H,23,26). The molecule has 0 fully saturated rings. The number of esters is 1. The molecule has 0 unspecified atom stereocenters. The second-order valence-electron chi connectivity index (χ2n) is 6.17. The fourth-order valence-electron chi connectivity index (χ4n) is 2.59. The average molecular weight is 404 g/mol. The van der Waals surface area contributed by atoms with Crippen molar-refractivity contribution in [1.82, 2.24) is 14.8 Å². The molecule has 4 rings (SSSR count).